The number of nitrogens with zero attached hydrogens (tertiary/aromatic N) is 3. The molecule has 0 unspecified atom stereocenters. The second-order valence-electron chi connectivity index (χ2n) is 5.10. The first kappa shape index (κ1) is 16.5. The van der Waals surface area contributed by atoms with Crippen LogP contribution in [-0.2, 0) is 11.3 Å². The van der Waals surface area contributed by atoms with Gasteiger partial charge in [-0.05, 0) is 31.5 Å². The molecule has 0 bridgehead atoms. The number of nitrogens with one attached hydrogen (secondary N) is 1. The number of amides is 1. The lowest BCUT2D eigenvalue weighted by Gasteiger charge is -2.11. The van der Waals surface area contributed by atoms with Crippen molar-refractivity contribution in [1.82, 2.24) is 9.78 Å². The predicted molar refractivity (Wildman–Crippen MR) is 84.6 cm³/mol. The first-order valence-corrected chi connectivity index (χ1v) is 7.03. The molecule has 1 heterocycles. The minimum absolute atomic E-state index is 0.0502. The molecule has 1 amide bonds. The van der Waals surface area contributed by atoms with Crippen LogP contribution in [0.3, 0.4) is 0 Å². The molecule has 0 aliphatic heterocycles. The Morgan fingerprint density at radius 3 is 2.78 bits per heavy atom. The number of hydrogen-bond donors (Lipinski definition) is 1. The summed E-state index contributed by atoms with van der Waals surface area (Å²) in [6, 6.07) is 5.49. The second-order valence-corrected chi connectivity index (χ2v) is 5.10. The highest BCUT2D eigenvalue weighted by atomic mass is 16.6. The number of carbonyl (C=O) groups is 1. The molecule has 0 atom stereocenters. The van der Waals surface area contributed by atoms with E-state index in [0.29, 0.717) is 17.1 Å². The Kier molecular flexibility index (Phi) is 4.95. The van der Waals surface area contributed by atoms with Gasteiger partial charge in [-0.3, -0.25) is 19.6 Å². The van der Waals surface area contributed by atoms with Gasteiger partial charge in [0, 0.05) is 6.42 Å². The molecule has 0 aliphatic carbocycles. The van der Waals surface area contributed by atoms with Crippen molar-refractivity contribution in [2.45, 2.75) is 26.8 Å². The molecule has 0 saturated heterocycles. The average molecular weight is 318 g/mol. The zero-order valence-corrected chi connectivity index (χ0v) is 13.2. The molecule has 23 heavy (non-hydrogen) atoms. The number of carbonyl (C=O) groups excluding carboxylic acids is 1. The predicted octanol–water partition coefficient (Wildman–Crippen LogP) is 2.45. The van der Waals surface area contributed by atoms with Gasteiger partial charge in [0.05, 0.1) is 24.3 Å². The maximum atomic E-state index is 12.1. The maximum absolute atomic E-state index is 12.1. The van der Waals surface area contributed by atoms with Crippen LogP contribution in [0.5, 0.6) is 5.75 Å². The molecular weight excluding hydrogens is 300 g/mol. The average Bonchev–Trinajstić information content (AvgIpc) is 2.86. The van der Waals surface area contributed by atoms with Gasteiger partial charge in [0.25, 0.3) is 0 Å². The Labute approximate surface area is 133 Å². The van der Waals surface area contributed by atoms with Crippen LogP contribution in [0, 0.1) is 24.0 Å². The largest absolute Gasteiger partial charge is 0.495 e. The van der Waals surface area contributed by atoms with Crippen LogP contribution in [0.4, 0.5) is 11.4 Å². The number of rotatable bonds is 6. The Morgan fingerprint density at radius 2 is 2.17 bits per heavy atom. The van der Waals surface area contributed by atoms with Gasteiger partial charge >= 0.3 is 5.69 Å². The fourth-order valence-electron chi connectivity index (χ4n) is 2.18. The number of aromatic nitrogens is 2. The molecule has 1 aromatic heterocycles. The Hall–Kier alpha value is -2.90. The molecular formula is C15H18N4O4. The number of anilines is 1. The fourth-order valence-corrected chi connectivity index (χ4v) is 2.18. The molecule has 0 radical (unpaired) electrons. The van der Waals surface area contributed by atoms with Crippen LogP contribution in [0.25, 0.3) is 0 Å². The third kappa shape index (κ3) is 3.85. The van der Waals surface area contributed by atoms with Crippen molar-refractivity contribution in [2.24, 2.45) is 0 Å². The monoisotopic (exact) mass is 318 g/mol. The molecule has 2 aromatic rings. The molecule has 0 fully saturated rings. The smallest absolute Gasteiger partial charge is 0.309 e. The van der Waals surface area contributed by atoms with E-state index in [-0.39, 0.29) is 24.6 Å². The molecule has 2 rings (SSSR count). The Bertz CT molecular complexity index is 739. The van der Waals surface area contributed by atoms with E-state index in [4.69, 9.17) is 4.74 Å². The zero-order valence-electron chi connectivity index (χ0n) is 13.2. The lowest BCUT2D eigenvalue weighted by molar-refractivity contribution is -0.385. The molecule has 8 nitrogen and oxygen atoms in total. The number of methoxy groups -OCH3 is 1. The summed E-state index contributed by atoms with van der Waals surface area (Å²) in [5, 5.41) is 17.5. The van der Waals surface area contributed by atoms with Gasteiger partial charge in [0.1, 0.15) is 17.6 Å². The fraction of sp³-hybridized carbons (Fsp3) is 0.333. The molecule has 122 valence electrons. The topological polar surface area (TPSA) is 99.3 Å². The lowest BCUT2D eigenvalue weighted by Crippen LogP contribution is -2.16. The number of aryl methyl sites for hydroxylation is 2. The highest BCUT2D eigenvalue weighted by Crippen LogP contribution is 2.25. The number of ether oxygens (including phenoxy) is 1. The maximum Gasteiger partial charge on any atom is 0.309 e. The first-order valence-electron chi connectivity index (χ1n) is 7.03. The Balaban J connectivity index is 2.01. The molecule has 1 N–H and O–H groups in total. The van der Waals surface area contributed by atoms with Gasteiger partial charge in [-0.1, -0.05) is 6.07 Å². The van der Waals surface area contributed by atoms with E-state index in [9.17, 15) is 14.9 Å². The van der Waals surface area contributed by atoms with Crippen molar-refractivity contribution in [3.8, 4) is 5.75 Å². The zero-order chi connectivity index (χ0) is 17.0. The van der Waals surface area contributed by atoms with Crippen LogP contribution in [0.1, 0.15) is 17.7 Å². The number of nitro groups is 1. The van der Waals surface area contributed by atoms with Crippen LogP contribution in [0.15, 0.2) is 24.4 Å². The quantitative estimate of drug-likeness (QED) is 0.651. The molecule has 8 heteroatoms. The van der Waals surface area contributed by atoms with E-state index in [2.05, 4.69) is 10.4 Å². The van der Waals surface area contributed by atoms with Gasteiger partial charge < -0.3 is 10.1 Å². The third-order valence-corrected chi connectivity index (χ3v) is 3.45. The van der Waals surface area contributed by atoms with E-state index >= 15 is 0 Å². The van der Waals surface area contributed by atoms with Crippen molar-refractivity contribution in [3.63, 3.8) is 0 Å². The number of benzene rings is 1. The van der Waals surface area contributed by atoms with Gasteiger partial charge in [-0.25, -0.2) is 0 Å². The van der Waals surface area contributed by atoms with E-state index in [1.165, 1.54) is 18.0 Å². The summed E-state index contributed by atoms with van der Waals surface area (Å²) >= 11 is 0. The van der Waals surface area contributed by atoms with E-state index in [1.807, 2.05) is 19.1 Å². The highest BCUT2D eigenvalue weighted by Gasteiger charge is 2.17. The summed E-state index contributed by atoms with van der Waals surface area (Å²) in [4.78, 5) is 22.4. The van der Waals surface area contributed by atoms with Gasteiger partial charge in [0.15, 0.2) is 0 Å². The van der Waals surface area contributed by atoms with Gasteiger partial charge in [0.2, 0.25) is 5.91 Å². The van der Waals surface area contributed by atoms with Crippen LogP contribution >= 0.6 is 0 Å². The van der Waals surface area contributed by atoms with Crippen LogP contribution in [-0.4, -0.2) is 27.7 Å². The van der Waals surface area contributed by atoms with Crippen molar-refractivity contribution < 1.29 is 14.5 Å². The first-order chi connectivity index (χ1) is 10.9. The summed E-state index contributed by atoms with van der Waals surface area (Å²) < 4.78 is 6.66. The van der Waals surface area contributed by atoms with Gasteiger partial charge in [-0.15, -0.1) is 0 Å². The van der Waals surface area contributed by atoms with E-state index in [0.717, 1.165) is 5.56 Å². The summed E-state index contributed by atoms with van der Waals surface area (Å²) in [5.41, 5.74) is 1.97. The summed E-state index contributed by atoms with van der Waals surface area (Å²) in [7, 11) is 1.53. The normalized spacial score (nSPS) is 10.4. The lowest BCUT2D eigenvalue weighted by atomic mass is 10.2. The summed E-state index contributed by atoms with van der Waals surface area (Å²) in [6.07, 6.45) is 1.34. The van der Waals surface area contributed by atoms with Crippen molar-refractivity contribution in [1.29, 1.82) is 0 Å². The summed E-state index contributed by atoms with van der Waals surface area (Å²) in [5.74, 6) is 0.362. The molecule has 0 aliphatic rings. The van der Waals surface area contributed by atoms with E-state index in [1.54, 1.807) is 13.0 Å². The SMILES string of the molecule is COc1ccc(C)cc1NC(=O)CCn1ncc([N+](=O)[O-])c1C. The van der Waals surface area contributed by atoms with Crippen LogP contribution < -0.4 is 10.1 Å². The number of hydrogen-bond acceptors (Lipinski definition) is 5. The third-order valence-electron chi connectivity index (χ3n) is 3.45. The molecule has 0 spiro atoms. The van der Waals surface area contributed by atoms with Crippen molar-refractivity contribution in [2.75, 3.05) is 12.4 Å². The Morgan fingerprint density at radius 1 is 1.43 bits per heavy atom. The van der Waals surface area contributed by atoms with Crippen molar-refractivity contribution >= 4 is 17.3 Å². The van der Waals surface area contributed by atoms with Gasteiger partial charge in [-0.2, -0.15) is 5.10 Å². The highest BCUT2D eigenvalue weighted by molar-refractivity contribution is 5.92. The minimum atomic E-state index is -0.490. The minimum Gasteiger partial charge on any atom is -0.495 e. The van der Waals surface area contributed by atoms with E-state index < -0.39 is 4.92 Å². The molecule has 0 saturated carbocycles. The second kappa shape index (κ2) is 6.91. The van der Waals surface area contributed by atoms with Crippen molar-refractivity contribution in [3.05, 3.63) is 45.8 Å². The van der Waals surface area contributed by atoms with Crippen LogP contribution in [0.2, 0.25) is 0 Å². The standard InChI is InChI=1S/C15H18N4O4/c1-10-4-5-14(23-3)12(8-10)17-15(20)6-7-18-11(2)13(9-16-18)19(21)22/h4-5,8-9H,6-7H2,1-3H3,(H,17,20). The summed E-state index contributed by atoms with van der Waals surface area (Å²) in [6.45, 7) is 3.79. The molecule has 1 aromatic carbocycles.